The van der Waals surface area contributed by atoms with Gasteiger partial charge in [-0.1, -0.05) is 19.9 Å². The summed E-state index contributed by atoms with van der Waals surface area (Å²) in [7, 11) is 4.34. The molecule has 1 heterocycles. The molecule has 1 saturated heterocycles. The van der Waals surface area contributed by atoms with Crippen molar-refractivity contribution in [2.24, 2.45) is 5.92 Å². The quantitative estimate of drug-likeness (QED) is 0.848. The first-order chi connectivity index (χ1) is 10.6. The Balaban J connectivity index is 1.82. The standard InChI is InChI=1S/C19H30N2O/c1-14-15(2)19-13-16(21-9-11-22-12-10-21)5-6-18(19)17(14)7-8-20(3)4/h5-6,13-15,17H,7-12H2,1-4H3/t14-,15?,17?/m1/s1. The minimum Gasteiger partial charge on any atom is -0.378 e. The first-order valence-corrected chi connectivity index (χ1v) is 8.69. The Hall–Kier alpha value is -1.06. The summed E-state index contributed by atoms with van der Waals surface area (Å²) in [5, 5.41) is 0. The van der Waals surface area contributed by atoms with Crippen LogP contribution in [0, 0.1) is 5.92 Å². The summed E-state index contributed by atoms with van der Waals surface area (Å²) < 4.78 is 5.48. The van der Waals surface area contributed by atoms with Crippen LogP contribution in [0.2, 0.25) is 0 Å². The summed E-state index contributed by atoms with van der Waals surface area (Å²) in [4.78, 5) is 4.77. The molecule has 0 aromatic heterocycles. The molecule has 1 aliphatic carbocycles. The van der Waals surface area contributed by atoms with Gasteiger partial charge in [0.25, 0.3) is 0 Å². The van der Waals surface area contributed by atoms with Crippen LogP contribution in [0.4, 0.5) is 5.69 Å². The van der Waals surface area contributed by atoms with E-state index in [4.69, 9.17) is 4.74 Å². The van der Waals surface area contributed by atoms with Gasteiger partial charge in [-0.25, -0.2) is 0 Å². The molecule has 3 rings (SSSR count). The van der Waals surface area contributed by atoms with E-state index in [-0.39, 0.29) is 0 Å². The van der Waals surface area contributed by atoms with E-state index in [1.54, 1.807) is 11.1 Å². The molecule has 1 fully saturated rings. The van der Waals surface area contributed by atoms with E-state index in [0.29, 0.717) is 11.8 Å². The van der Waals surface area contributed by atoms with Gasteiger partial charge >= 0.3 is 0 Å². The molecule has 2 aliphatic rings. The molecule has 3 atom stereocenters. The second kappa shape index (κ2) is 6.59. The fourth-order valence-electron chi connectivity index (χ4n) is 4.04. The van der Waals surface area contributed by atoms with Crippen molar-refractivity contribution < 1.29 is 4.74 Å². The number of benzene rings is 1. The van der Waals surface area contributed by atoms with Gasteiger partial charge in [0.05, 0.1) is 13.2 Å². The van der Waals surface area contributed by atoms with E-state index in [2.05, 4.69) is 55.9 Å². The minimum absolute atomic E-state index is 0.670. The molecule has 0 spiro atoms. The summed E-state index contributed by atoms with van der Waals surface area (Å²) in [5.41, 5.74) is 4.56. The number of anilines is 1. The van der Waals surface area contributed by atoms with E-state index in [1.165, 1.54) is 18.7 Å². The van der Waals surface area contributed by atoms with Gasteiger partial charge < -0.3 is 14.5 Å². The molecule has 1 aromatic rings. The third-order valence-electron chi connectivity index (χ3n) is 5.65. The van der Waals surface area contributed by atoms with Crippen LogP contribution in [0.5, 0.6) is 0 Å². The molecule has 0 radical (unpaired) electrons. The highest BCUT2D eigenvalue weighted by Crippen LogP contribution is 2.48. The van der Waals surface area contributed by atoms with Crippen LogP contribution < -0.4 is 4.90 Å². The number of hydrogen-bond donors (Lipinski definition) is 0. The smallest absolute Gasteiger partial charge is 0.0642 e. The number of fused-ring (bicyclic) bond motifs is 1. The summed E-state index contributed by atoms with van der Waals surface area (Å²) >= 11 is 0. The average Bonchev–Trinajstić information content (AvgIpc) is 2.77. The number of morpholine rings is 1. The number of ether oxygens (including phenoxy) is 1. The number of hydrogen-bond acceptors (Lipinski definition) is 3. The second-order valence-electron chi connectivity index (χ2n) is 7.26. The topological polar surface area (TPSA) is 15.7 Å². The lowest BCUT2D eigenvalue weighted by Gasteiger charge is -2.29. The van der Waals surface area contributed by atoms with Crippen molar-refractivity contribution in [2.45, 2.75) is 32.1 Å². The van der Waals surface area contributed by atoms with Crippen LogP contribution in [0.3, 0.4) is 0 Å². The van der Waals surface area contributed by atoms with Crippen LogP contribution in [0.1, 0.15) is 43.2 Å². The van der Waals surface area contributed by atoms with Crippen molar-refractivity contribution in [3.05, 3.63) is 29.3 Å². The van der Waals surface area contributed by atoms with Gasteiger partial charge in [0, 0.05) is 18.8 Å². The molecular formula is C19H30N2O. The Morgan fingerprint density at radius 1 is 1.14 bits per heavy atom. The highest BCUT2D eigenvalue weighted by molar-refractivity contribution is 5.55. The Labute approximate surface area is 135 Å². The molecule has 0 saturated carbocycles. The lowest BCUT2D eigenvalue weighted by molar-refractivity contribution is 0.122. The van der Waals surface area contributed by atoms with E-state index in [0.717, 1.165) is 32.2 Å². The molecule has 3 heteroatoms. The van der Waals surface area contributed by atoms with Gasteiger partial charge in [-0.3, -0.25) is 0 Å². The third-order valence-corrected chi connectivity index (χ3v) is 5.65. The molecule has 1 aromatic carbocycles. The predicted octanol–water partition coefficient (Wildman–Crippen LogP) is 3.31. The monoisotopic (exact) mass is 302 g/mol. The van der Waals surface area contributed by atoms with Crippen molar-refractivity contribution >= 4 is 5.69 Å². The normalized spacial score (nSPS) is 28.2. The van der Waals surface area contributed by atoms with Gasteiger partial charge in [-0.2, -0.15) is 0 Å². The molecule has 122 valence electrons. The van der Waals surface area contributed by atoms with Crippen molar-refractivity contribution in [1.82, 2.24) is 4.90 Å². The molecule has 0 amide bonds. The highest BCUT2D eigenvalue weighted by Gasteiger charge is 2.35. The zero-order chi connectivity index (χ0) is 15.7. The SMILES string of the molecule is CC1c2cc(N3CCOCC3)ccc2C(CCN(C)C)[C@@H]1C. The third kappa shape index (κ3) is 3.02. The van der Waals surface area contributed by atoms with Crippen molar-refractivity contribution in [3.63, 3.8) is 0 Å². The van der Waals surface area contributed by atoms with E-state index in [9.17, 15) is 0 Å². The molecule has 2 unspecified atom stereocenters. The zero-order valence-electron chi connectivity index (χ0n) is 14.5. The van der Waals surface area contributed by atoms with E-state index in [1.807, 2.05) is 0 Å². The predicted molar refractivity (Wildman–Crippen MR) is 93.0 cm³/mol. The van der Waals surface area contributed by atoms with Crippen LogP contribution in [-0.4, -0.2) is 51.8 Å². The first kappa shape index (κ1) is 15.8. The Morgan fingerprint density at radius 3 is 2.55 bits per heavy atom. The molecule has 1 aliphatic heterocycles. The molecular weight excluding hydrogens is 272 g/mol. The maximum absolute atomic E-state index is 5.48. The Kier molecular flexibility index (Phi) is 4.74. The average molecular weight is 302 g/mol. The van der Waals surface area contributed by atoms with Crippen molar-refractivity contribution in [2.75, 3.05) is 51.8 Å². The van der Waals surface area contributed by atoms with Crippen LogP contribution in [0.15, 0.2) is 18.2 Å². The lowest BCUT2D eigenvalue weighted by Crippen LogP contribution is -2.36. The Morgan fingerprint density at radius 2 is 1.86 bits per heavy atom. The van der Waals surface area contributed by atoms with E-state index < -0.39 is 0 Å². The molecule has 3 nitrogen and oxygen atoms in total. The van der Waals surface area contributed by atoms with Crippen LogP contribution in [-0.2, 0) is 4.74 Å². The van der Waals surface area contributed by atoms with Gasteiger partial charge in [-0.05, 0) is 68.1 Å². The van der Waals surface area contributed by atoms with E-state index >= 15 is 0 Å². The van der Waals surface area contributed by atoms with Crippen LogP contribution in [0.25, 0.3) is 0 Å². The second-order valence-corrected chi connectivity index (χ2v) is 7.26. The number of nitrogens with zero attached hydrogens (tertiary/aromatic N) is 2. The van der Waals surface area contributed by atoms with Crippen LogP contribution >= 0.6 is 0 Å². The highest BCUT2D eigenvalue weighted by atomic mass is 16.5. The van der Waals surface area contributed by atoms with Crippen molar-refractivity contribution in [1.29, 1.82) is 0 Å². The van der Waals surface area contributed by atoms with Gasteiger partial charge in [0.1, 0.15) is 0 Å². The summed E-state index contributed by atoms with van der Waals surface area (Å²) in [5.74, 6) is 2.13. The fourth-order valence-corrected chi connectivity index (χ4v) is 4.04. The van der Waals surface area contributed by atoms with Gasteiger partial charge in [0.2, 0.25) is 0 Å². The zero-order valence-corrected chi connectivity index (χ0v) is 14.5. The Bertz CT molecular complexity index is 508. The summed E-state index contributed by atoms with van der Waals surface area (Å²) in [6.45, 7) is 9.76. The fraction of sp³-hybridized carbons (Fsp3) is 0.684. The molecule has 0 bridgehead atoms. The first-order valence-electron chi connectivity index (χ1n) is 8.69. The molecule has 22 heavy (non-hydrogen) atoms. The maximum Gasteiger partial charge on any atom is 0.0642 e. The lowest BCUT2D eigenvalue weighted by atomic mass is 9.87. The molecule has 0 N–H and O–H groups in total. The van der Waals surface area contributed by atoms with Gasteiger partial charge in [0.15, 0.2) is 0 Å². The summed E-state index contributed by atoms with van der Waals surface area (Å²) in [6, 6.07) is 7.19. The summed E-state index contributed by atoms with van der Waals surface area (Å²) in [6.07, 6.45) is 1.27. The largest absolute Gasteiger partial charge is 0.378 e. The van der Waals surface area contributed by atoms with Crippen molar-refractivity contribution in [3.8, 4) is 0 Å². The number of rotatable bonds is 4. The van der Waals surface area contributed by atoms with Gasteiger partial charge in [-0.15, -0.1) is 0 Å². The maximum atomic E-state index is 5.48. The minimum atomic E-state index is 0.670.